The number of phenols is 1. The Hall–Kier alpha value is -1.23. The van der Waals surface area contributed by atoms with Crippen LogP contribution in [0.3, 0.4) is 0 Å². The van der Waals surface area contributed by atoms with Crippen molar-refractivity contribution < 1.29 is 14.6 Å². The summed E-state index contributed by atoms with van der Waals surface area (Å²) < 4.78 is 4.67. The molecule has 0 aromatic heterocycles. The zero-order valence-corrected chi connectivity index (χ0v) is 15.0. The Bertz CT molecular complexity index is 615. The van der Waals surface area contributed by atoms with Gasteiger partial charge in [0.25, 0.3) is 0 Å². The van der Waals surface area contributed by atoms with Gasteiger partial charge in [0.15, 0.2) is 0 Å². The van der Waals surface area contributed by atoms with Gasteiger partial charge in [-0.3, -0.25) is 0 Å². The van der Waals surface area contributed by atoms with Crippen LogP contribution in [0.15, 0.2) is 42.5 Å². The summed E-state index contributed by atoms with van der Waals surface area (Å²) in [6, 6.07) is 11.7. The Morgan fingerprint density at radius 2 is 1.86 bits per heavy atom. The molecule has 2 rings (SSSR count). The lowest BCUT2D eigenvalue weighted by atomic mass is 10.1. The molecule has 0 atom stereocenters. The average Bonchev–Trinajstić information content (AvgIpc) is 2.49. The van der Waals surface area contributed by atoms with Crippen molar-refractivity contribution in [3.63, 3.8) is 0 Å². The summed E-state index contributed by atoms with van der Waals surface area (Å²) >= 11 is 14.6. The molecule has 0 amide bonds. The van der Waals surface area contributed by atoms with Gasteiger partial charge in [-0.15, -0.1) is 0 Å². The molecule has 3 nitrogen and oxygen atoms in total. The molecule has 0 heterocycles. The Kier molecular flexibility index (Phi) is 8.31. The van der Waals surface area contributed by atoms with Crippen LogP contribution in [0.5, 0.6) is 5.75 Å². The second kappa shape index (κ2) is 9.72. The van der Waals surface area contributed by atoms with Crippen LogP contribution in [-0.2, 0) is 11.2 Å². The molecule has 0 saturated carbocycles. The second-order valence-electron chi connectivity index (χ2n) is 4.21. The quantitative estimate of drug-likeness (QED) is 0.570. The summed E-state index contributed by atoms with van der Waals surface area (Å²) in [5, 5.41) is 10.6. The van der Waals surface area contributed by atoms with Crippen LogP contribution in [0.2, 0.25) is 10.0 Å². The highest BCUT2D eigenvalue weighted by molar-refractivity contribution is 9.09. The third-order valence-corrected chi connectivity index (χ3v) is 3.52. The molecular formula is C16H15BrCl2O3. The van der Waals surface area contributed by atoms with Crippen molar-refractivity contribution in [3.05, 3.63) is 63.6 Å². The minimum atomic E-state index is -0.344. The fraction of sp³-hybridized carbons (Fsp3) is 0.188. The van der Waals surface area contributed by atoms with Gasteiger partial charge in [-0.1, -0.05) is 51.3 Å². The van der Waals surface area contributed by atoms with Crippen molar-refractivity contribution >= 4 is 45.1 Å². The van der Waals surface area contributed by atoms with Gasteiger partial charge in [0.2, 0.25) is 0 Å². The van der Waals surface area contributed by atoms with Crippen molar-refractivity contribution in [3.8, 4) is 5.75 Å². The van der Waals surface area contributed by atoms with Crippen LogP contribution in [0.4, 0.5) is 0 Å². The summed E-state index contributed by atoms with van der Waals surface area (Å²) in [5.41, 5.74) is 1.48. The van der Waals surface area contributed by atoms with E-state index in [1.807, 2.05) is 6.07 Å². The predicted octanol–water partition coefficient (Wildman–Crippen LogP) is 5.11. The van der Waals surface area contributed by atoms with E-state index >= 15 is 0 Å². The molecule has 22 heavy (non-hydrogen) atoms. The highest BCUT2D eigenvalue weighted by Gasteiger charge is 2.11. The molecule has 0 radical (unpaired) electrons. The van der Waals surface area contributed by atoms with Crippen molar-refractivity contribution in [2.75, 3.05) is 12.4 Å². The van der Waals surface area contributed by atoms with E-state index in [1.165, 1.54) is 13.2 Å². The number of methoxy groups -OCH3 is 1. The molecule has 0 aliphatic rings. The van der Waals surface area contributed by atoms with Crippen LogP contribution in [-0.4, -0.2) is 23.5 Å². The molecule has 118 valence electrons. The molecule has 0 spiro atoms. The number of hydrogen-bond donors (Lipinski definition) is 1. The van der Waals surface area contributed by atoms with Crippen LogP contribution < -0.4 is 0 Å². The number of carbonyl (C=O) groups is 1. The smallest absolute Gasteiger partial charge is 0.338 e. The number of halogens is 3. The molecular weight excluding hydrogens is 391 g/mol. The van der Waals surface area contributed by atoms with Crippen molar-refractivity contribution in [1.29, 1.82) is 0 Å². The molecule has 2 aromatic carbocycles. The standard InChI is InChI=1S/C10H10BrClO2.C6H5ClO/c1-14-10(13)9-6-8(12)3-2-7(9)4-5-11;7-5-2-1-3-6(8)4-5/h2-3,6H,4-5H2,1H3;1-4,8H. The van der Waals surface area contributed by atoms with Crippen molar-refractivity contribution in [2.24, 2.45) is 0 Å². The first-order valence-corrected chi connectivity index (χ1v) is 8.23. The van der Waals surface area contributed by atoms with Gasteiger partial charge in [0.1, 0.15) is 5.75 Å². The SMILES string of the molecule is COC(=O)c1cc(Cl)ccc1CCBr.Oc1cccc(Cl)c1. The number of carbonyl (C=O) groups excluding carboxylic acids is 1. The number of benzene rings is 2. The predicted molar refractivity (Wildman–Crippen MR) is 93.4 cm³/mol. The Labute approximate surface area is 147 Å². The highest BCUT2D eigenvalue weighted by atomic mass is 79.9. The van der Waals surface area contributed by atoms with Gasteiger partial charge in [0.05, 0.1) is 12.7 Å². The lowest BCUT2D eigenvalue weighted by Crippen LogP contribution is -2.06. The van der Waals surface area contributed by atoms with Crippen molar-refractivity contribution in [2.45, 2.75) is 6.42 Å². The largest absolute Gasteiger partial charge is 0.508 e. The van der Waals surface area contributed by atoms with Crippen LogP contribution >= 0.6 is 39.1 Å². The average molecular weight is 406 g/mol. The van der Waals surface area contributed by atoms with Gasteiger partial charge < -0.3 is 9.84 Å². The summed E-state index contributed by atoms with van der Waals surface area (Å²) in [6.07, 6.45) is 0.779. The molecule has 2 aromatic rings. The number of alkyl halides is 1. The number of aromatic hydroxyl groups is 1. The molecule has 6 heteroatoms. The molecule has 0 saturated heterocycles. The number of esters is 1. The van der Waals surface area contributed by atoms with Crippen LogP contribution in [0.1, 0.15) is 15.9 Å². The van der Waals surface area contributed by atoms with E-state index in [1.54, 1.807) is 30.3 Å². The number of phenolic OH excluding ortho intramolecular Hbond substituents is 1. The van der Waals surface area contributed by atoms with E-state index in [0.29, 0.717) is 15.6 Å². The zero-order valence-electron chi connectivity index (χ0n) is 11.9. The van der Waals surface area contributed by atoms with E-state index in [2.05, 4.69) is 20.7 Å². The third-order valence-electron chi connectivity index (χ3n) is 2.65. The molecule has 0 aliphatic carbocycles. The Morgan fingerprint density at radius 3 is 2.36 bits per heavy atom. The monoisotopic (exact) mass is 404 g/mol. The summed E-state index contributed by atoms with van der Waals surface area (Å²) in [4.78, 5) is 11.4. The number of aryl methyl sites for hydroxylation is 1. The second-order valence-corrected chi connectivity index (χ2v) is 5.88. The van der Waals surface area contributed by atoms with E-state index in [0.717, 1.165) is 17.3 Å². The van der Waals surface area contributed by atoms with Gasteiger partial charge >= 0.3 is 5.97 Å². The lowest BCUT2D eigenvalue weighted by Gasteiger charge is -2.06. The minimum absolute atomic E-state index is 0.206. The first kappa shape index (κ1) is 18.8. The molecule has 0 aliphatic heterocycles. The maximum Gasteiger partial charge on any atom is 0.338 e. The highest BCUT2D eigenvalue weighted by Crippen LogP contribution is 2.18. The number of ether oxygens (including phenoxy) is 1. The van der Waals surface area contributed by atoms with Gasteiger partial charge in [-0.25, -0.2) is 4.79 Å². The number of rotatable bonds is 3. The maximum atomic E-state index is 11.4. The minimum Gasteiger partial charge on any atom is -0.508 e. The summed E-state index contributed by atoms with van der Waals surface area (Å²) in [6.45, 7) is 0. The fourth-order valence-corrected chi connectivity index (χ4v) is 2.43. The summed E-state index contributed by atoms with van der Waals surface area (Å²) in [7, 11) is 1.36. The number of hydrogen-bond acceptors (Lipinski definition) is 3. The lowest BCUT2D eigenvalue weighted by molar-refractivity contribution is 0.0599. The van der Waals surface area contributed by atoms with E-state index in [4.69, 9.17) is 28.3 Å². The van der Waals surface area contributed by atoms with Gasteiger partial charge in [-0.2, -0.15) is 0 Å². The molecule has 0 bridgehead atoms. The van der Waals surface area contributed by atoms with Crippen LogP contribution in [0.25, 0.3) is 0 Å². The molecule has 0 fully saturated rings. The van der Waals surface area contributed by atoms with E-state index in [9.17, 15) is 4.79 Å². The van der Waals surface area contributed by atoms with Gasteiger partial charge in [0, 0.05) is 15.4 Å². The summed E-state index contributed by atoms with van der Waals surface area (Å²) in [5.74, 6) is -0.138. The maximum absolute atomic E-state index is 11.4. The van der Waals surface area contributed by atoms with E-state index < -0.39 is 0 Å². The topological polar surface area (TPSA) is 46.5 Å². The normalized spacial score (nSPS) is 9.64. The third kappa shape index (κ3) is 6.26. The Balaban J connectivity index is 0.000000255. The first-order valence-electron chi connectivity index (χ1n) is 6.35. The Morgan fingerprint density at radius 1 is 1.18 bits per heavy atom. The zero-order chi connectivity index (χ0) is 16.5. The molecule has 1 N–H and O–H groups in total. The molecule has 0 unspecified atom stereocenters. The van der Waals surface area contributed by atoms with Gasteiger partial charge in [-0.05, 0) is 42.3 Å². The van der Waals surface area contributed by atoms with Crippen LogP contribution in [0, 0.1) is 0 Å². The van der Waals surface area contributed by atoms with Crippen molar-refractivity contribution in [1.82, 2.24) is 0 Å². The fourth-order valence-electron chi connectivity index (χ4n) is 1.64. The first-order chi connectivity index (χ1) is 10.5. The van der Waals surface area contributed by atoms with E-state index in [-0.39, 0.29) is 11.7 Å².